The molecule has 2 unspecified atom stereocenters. The Morgan fingerprint density at radius 1 is 1.23 bits per heavy atom. The van der Waals surface area contributed by atoms with Crippen molar-refractivity contribution in [3.8, 4) is 0 Å². The quantitative estimate of drug-likeness (QED) is 0.528. The minimum absolute atomic E-state index is 0.104. The topological polar surface area (TPSA) is 66.5 Å². The Kier molecular flexibility index (Phi) is 4.87. The maximum absolute atomic E-state index is 13.4. The van der Waals surface area contributed by atoms with Crippen LogP contribution in [0.2, 0.25) is 0 Å². The molecule has 0 saturated carbocycles. The first-order valence-corrected chi connectivity index (χ1v) is 11.1. The van der Waals surface area contributed by atoms with Gasteiger partial charge in [-0.3, -0.25) is 4.79 Å². The number of carbonyl (C=O) groups excluding carboxylic acids is 1. The van der Waals surface area contributed by atoms with Crippen LogP contribution in [0.1, 0.15) is 38.8 Å². The standard InChI is InChI=1S/C25H23N3O2S/c1-14-10-15(2)26-19(14)11-20-22(30-3)12-21(27-20)24-23(25(29)16-8-9-31-13-16)17-6-4-5-7-18(17)28-24/h4-13,23-24,26,28H,1-3H3/b20-11-. The molecule has 0 bridgehead atoms. The lowest BCUT2D eigenvalue weighted by atomic mass is 9.86. The highest BCUT2D eigenvalue weighted by Gasteiger charge is 2.41. The fraction of sp³-hybridized carbons (Fsp3) is 0.200. The fourth-order valence-corrected chi connectivity index (χ4v) is 4.99. The van der Waals surface area contributed by atoms with E-state index in [1.165, 1.54) is 11.3 Å². The number of rotatable bonds is 5. The number of carbonyl (C=O) groups is 1. The van der Waals surface area contributed by atoms with Gasteiger partial charge in [0.25, 0.3) is 0 Å². The maximum Gasteiger partial charge on any atom is 0.173 e. The molecule has 2 aromatic heterocycles. The number of Topliss-reactive ketones (excluding diaryl/α,β-unsaturated/α-hetero) is 1. The molecule has 2 atom stereocenters. The van der Waals surface area contributed by atoms with Crippen LogP contribution >= 0.6 is 11.3 Å². The van der Waals surface area contributed by atoms with E-state index in [2.05, 4.69) is 23.3 Å². The molecule has 3 aromatic rings. The van der Waals surface area contributed by atoms with Gasteiger partial charge in [-0.05, 0) is 54.6 Å². The Labute approximate surface area is 185 Å². The van der Waals surface area contributed by atoms with Gasteiger partial charge in [0, 0.05) is 34.1 Å². The second-order valence-corrected chi connectivity index (χ2v) is 8.67. The highest BCUT2D eigenvalue weighted by Crippen LogP contribution is 2.40. The zero-order chi connectivity index (χ0) is 21.5. The van der Waals surface area contributed by atoms with Crippen molar-refractivity contribution in [2.45, 2.75) is 25.8 Å². The molecule has 6 heteroatoms. The molecule has 0 spiro atoms. The molecular weight excluding hydrogens is 406 g/mol. The first-order chi connectivity index (χ1) is 15.0. The van der Waals surface area contributed by atoms with Crippen LogP contribution in [0.15, 0.2) is 69.7 Å². The molecular formula is C25H23N3O2S. The number of aromatic amines is 1. The van der Waals surface area contributed by atoms with Crippen molar-refractivity contribution < 1.29 is 9.53 Å². The van der Waals surface area contributed by atoms with Crippen LogP contribution in [0.5, 0.6) is 0 Å². The normalized spacial score (nSPS) is 20.9. The third-order valence-electron chi connectivity index (χ3n) is 5.82. The predicted octanol–water partition coefficient (Wildman–Crippen LogP) is 5.48. The van der Waals surface area contributed by atoms with Crippen LogP contribution in [0.25, 0.3) is 6.08 Å². The third-order valence-corrected chi connectivity index (χ3v) is 6.50. The Balaban J connectivity index is 1.56. The number of aromatic nitrogens is 1. The number of hydrogen-bond acceptors (Lipinski definition) is 5. The summed E-state index contributed by atoms with van der Waals surface area (Å²) in [5, 5.41) is 7.38. The zero-order valence-corrected chi connectivity index (χ0v) is 18.4. The molecule has 5 nitrogen and oxygen atoms in total. The van der Waals surface area contributed by atoms with Gasteiger partial charge in [-0.25, -0.2) is 4.99 Å². The number of aryl methyl sites for hydroxylation is 2. The van der Waals surface area contributed by atoms with E-state index in [1.54, 1.807) is 7.11 Å². The van der Waals surface area contributed by atoms with E-state index in [-0.39, 0.29) is 17.7 Å². The number of ketones is 1. The van der Waals surface area contributed by atoms with Crippen LogP contribution in [0.3, 0.4) is 0 Å². The van der Waals surface area contributed by atoms with Crippen LogP contribution < -0.4 is 5.32 Å². The lowest BCUT2D eigenvalue weighted by molar-refractivity contribution is 0.0962. The number of para-hydroxylation sites is 1. The van der Waals surface area contributed by atoms with Gasteiger partial charge >= 0.3 is 0 Å². The Hall–Kier alpha value is -3.38. The summed E-state index contributed by atoms with van der Waals surface area (Å²) in [7, 11) is 1.65. The average molecular weight is 430 g/mol. The van der Waals surface area contributed by atoms with Crippen LogP contribution in [-0.4, -0.2) is 29.6 Å². The number of aliphatic imine (C=N–C) groups is 1. The van der Waals surface area contributed by atoms with E-state index in [0.717, 1.165) is 45.2 Å². The van der Waals surface area contributed by atoms with Crippen LogP contribution in [-0.2, 0) is 4.74 Å². The summed E-state index contributed by atoms with van der Waals surface area (Å²) < 4.78 is 5.63. The van der Waals surface area contributed by atoms with Crippen molar-refractivity contribution in [2.75, 3.05) is 12.4 Å². The number of ether oxygens (including phenoxy) is 1. The number of methoxy groups -OCH3 is 1. The number of hydrogen-bond donors (Lipinski definition) is 2. The van der Waals surface area contributed by atoms with Gasteiger partial charge in [0.05, 0.1) is 24.8 Å². The predicted molar refractivity (Wildman–Crippen MR) is 126 cm³/mol. The summed E-state index contributed by atoms with van der Waals surface area (Å²) in [5.41, 5.74) is 7.53. The van der Waals surface area contributed by atoms with E-state index in [1.807, 2.05) is 60.2 Å². The Morgan fingerprint density at radius 2 is 2.06 bits per heavy atom. The van der Waals surface area contributed by atoms with Crippen molar-refractivity contribution in [2.24, 2.45) is 4.99 Å². The number of thiophene rings is 1. The molecule has 2 aliphatic rings. The summed E-state index contributed by atoms with van der Waals surface area (Å²) in [5.74, 6) is 0.459. The molecule has 1 aromatic carbocycles. The Morgan fingerprint density at radius 3 is 2.77 bits per heavy atom. The molecule has 0 amide bonds. The minimum Gasteiger partial charge on any atom is -0.494 e. The number of anilines is 1. The number of fused-ring (bicyclic) bond motifs is 1. The first-order valence-electron chi connectivity index (χ1n) is 10.2. The number of nitrogens with one attached hydrogen (secondary N) is 2. The monoisotopic (exact) mass is 429 g/mol. The first kappa shape index (κ1) is 19.6. The smallest absolute Gasteiger partial charge is 0.173 e. The molecule has 0 saturated heterocycles. The van der Waals surface area contributed by atoms with Gasteiger partial charge in [-0.1, -0.05) is 18.2 Å². The van der Waals surface area contributed by atoms with Crippen molar-refractivity contribution >= 4 is 34.6 Å². The molecule has 2 N–H and O–H groups in total. The fourth-order valence-electron chi connectivity index (χ4n) is 4.35. The molecule has 0 radical (unpaired) electrons. The van der Waals surface area contributed by atoms with E-state index in [0.29, 0.717) is 5.76 Å². The summed E-state index contributed by atoms with van der Waals surface area (Å²) in [6, 6.07) is 11.7. The lowest BCUT2D eigenvalue weighted by Gasteiger charge is -2.18. The van der Waals surface area contributed by atoms with E-state index in [9.17, 15) is 4.79 Å². The van der Waals surface area contributed by atoms with E-state index in [4.69, 9.17) is 9.73 Å². The van der Waals surface area contributed by atoms with Gasteiger partial charge in [-0.2, -0.15) is 11.3 Å². The van der Waals surface area contributed by atoms with E-state index >= 15 is 0 Å². The van der Waals surface area contributed by atoms with E-state index < -0.39 is 0 Å². The highest BCUT2D eigenvalue weighted by molar-refractivity contribution is 7.08. The van der Waals surface area contributed by atoms with Gasteiger partial charge < -0.3 is 15.0 Å². The minimum atomic E-state index is -0.340. The van der Waals surface area contributed by atoms with Crippen LogP contribution in [0, 0.1) is 13.8 Å². The summed E-state index contributed by atoms with van der Waals surface area (Å²) >= 11 is 1.53. The third kappa shape index (κ3) is 3.43. The van der Waals surface area contributed by atoms with Crippen molar-refractivity contribution in [3.05, 3.63) is 92.8 Å². The van der Waals surface area contributed by atoms with Crippen molar-refractivity contribution in [1.82, 2.24) is 4.98 Å². The second kappa shape index (κ2) is 7.71. The second-order valence-electron chi connectivity index (χ2n) is 7.89. The zero-order valence-electron chi connectivity index (χ0n) is 17.6. The van der Waals surface area contributed by atoms with Gasteiger partial charge in [0.15, 0.2) is 5.78 Å². The molecule has 31 heavy (non-hydrogen) atoms. The number of nitrogens with zero attached hydrogens (tertiary/aromatic N) is 1. The molecule has 5 rings (SSSR count). The van der Waals surface area contributed by atoms with Gasteiger partial charge in [-0.15, -0.1) is 0 Å². The van der Waals surface area contributed by atoms with Crippen molar-refractivity contribution in [3.63, 3.8) is 0 Å². The largest absolute Gasteiger partial charge is 0.494 e. The van der Waals surface area contributed by atoms with Gasteiger partial charge in [0.1, 0.15) is 11.5 Å². The SMILES string of the molecule is COC1=CC(C2Nc3ccccc3C2C(=O)c2ccsc2)=N/C1=C\c1[nH]c(C)cc1C. The highest BCUT2D eigenvalue weighted by atomic mass is 32.1. The molecule has 0 fully saturated rings. The summed E-state index contributed by atoms with van der Waals surface area (Å²) in [4.78, 5) is 21.7. The van der Waals surface area contributed by atoms with Gasteiger partial charge in [0.2, 0.25) is 0 Å². The summed E-state index contributed by atoms with van der Waals surface area (Å²) in [6.45, 7) is 4.10. The van der Waals surface area contributed by atoms with Crippen molar-refractivity contribution in [1.29, 1.82) is 0 Å². The summed E-state index contributed by atoms with van der Waals surface area (Å²) in [6.07, 6.45) is 3.94. The van der Waals surface area contributed by atoms with Crippen LogP contribution in [0.4, 0.5) is 5.69 Å². The lowest BCUT2D eigenvalue weighted by Crippen LogP contribution is -2.33. The molecule has 0 aliphatic carbocycles. The number of benzene rings is 1. The average Bonchev–Trinajstić information content (AvgIpc) is 3.53. The number of H-pyrrole nitrogens is 1. The molecule has 4 heterocycles. The Bertz CT molecular complexity index is 1250. The maximum atomic E-state index is 13.4. The molecule has 2 aliphatic heterocycles. The molecule has 156 valence electrons.